The molecule has 3 aromatic carbocycles. The number of amides is 2. The third kappa shape index (κ3) is 5.64. The summed E-state index contributed by atoms with van der Waals surface area (Å²) in [6.07, 6.45) is 1.56. The molecule has 0 saturated carbocycles. The molecule has 33 heavy (non-hydrogen) atoms. The van der Waals surface area contributed by atoms with Crippen molar-refractivity contribution in [1.29, 1.82) is 0 Å². The highest BCUT2D eigenvalue weighted by Gasteiger charge is 2.21. The average Bonchev–Trinajstić information content (AvgIpc) is 2.81. The molecule has 0 aliphatic heterocycles. The molecule has 6 nitrogen and oxygen atoms in total. The van der Waals surface area contributed by atoms with E-state index in [1.807, 2.05) is 37.3 Å². The fraction of sp³-hybridized carbons (Fsp3) is 0.0800. The van der Waals surface area contributed by atoms with Crippen LogP contribution in [0.2, 0.25) is 5.02 Å². The summed E-state index contributed by atoms with van der Waals surface area (Å²) in [5, 5.41) is 6.55. The average molecular weight is 462 g/mol. The maximum atomic E-state index is 13.5. The lowest BCUT2D eigenvalue weighted by Crippen LogP contribution is -2.31. The van der Waals surface area contributed by atoms with E-state index in [1.165, 1.54) is 29.2 Å². The van der Waals surface area contributed by atoms with E-state index in [2.05, 4.69) is 20.6 Å². The molecule has 4 rings (SSSR count). The summed E-state index contributed by atoms with van der Waals surface area (Å²) < 4.78 is 13.5. The van der Waals surface area contributed by atoms with Gasteiger partial charge in [0.25, 0.3) is 0 Å². The lowest BCUT2D eigenvalue weighted by atomic mass is 10.1. The van der Waals surface area contributed by atoms with Crippen LogP contribution >= 0.6 is 11.6 Å². The van der Waals surface area contributed by atoms with Crippen LogP contribution in [0.1, 0.15) is 18.5 Å². The van der Waals surface area contributed by atoms with Crippen molar-refractivity contribution in [2.75, 3.05) is 15.5 Å². The maximum Gasteiger partial charge on any atom is 0.332 e. The van der Waals surface area contributed by atoms with E-state index in [0.717, 1.165) is 5.56 Å². The first kappa shape index (κ1) is 22.2. The summed E-state index contributed by atoms with van der Waals surface area (Å²) in [6.45, 7) is 2.00. The molecular formula is C25H21ClFN5O. The number of carbonyl (C=O) groups is 1. The van der Waals surface area contributed by atoms with Crippen LogP contribution in [0.5, 0.6) is 0 Å². The Balaban J connectivity index is 1.64. The van der Waals surface area contributed by atoms with Crippen LogP contribution in [0.4, 0.5) is 32.3 Å². The molecule has 0 spiro atoms. The van der Waals surface area contributed by atoms with Gasteiger partial charge in [-0.15, -0.1) is 0 Å². The Hall–Kier alpha value is -3.97. The SMILES string of the molecule is CC(Nc1nccc(N(C(=O)Nc2cccc(Cl)c2)c2ccc(F)cc2)n1)c1ccccc1. The summed E-state index contributed by atoms with van der Waals surface area (Å²) >= 11 is 6.04. The number of hydrogen-bond donors (Lipinski definition) is 2. The minimum absolute atomic E-state index is 0.0546. The summed E-state index contributed by atoms with van der Waals surface area (Å²) in [4.78, 5) is 23.4. The summed E-state index contributed by atoms with van der Waals surface area (Å²) in [6, 6.07) is 23.3. The number of anilines is 4. The minimum Gasteiger partial charge on any atom is -0.348 e. The van der Waals surface area contributed by atoms with Gasteiger partial charge in [0.15, 0.2) is 0 Å². The van der Waals surface area contributed by atoms with Gasteiger partial charge in [-0.3, -0.25) is 0 Å². The van der Waals surface area contributed by atoms with Crippen molar-refractivity contribution in [3.63, 3.8) is 0 Å². The van der Waals surface area contributed by atoms with E-state index in [-0.39, 0.29) is 6.04 Å². The number of carbonyl (C=O) groups excluding carboxylic acids is 1. The van der Waals surface area contributed by atoms with Gasteiger partial charge in [0, 0.05) is 23.0 Å². The van der Waals surface area contributed by atoms with Gasteiger partial charge < -0.3 is 10.6 Å². The molecule has 1 atom stereocenters. The molecule has 0 aliphatic rings. The summed E-state index contributed by atoms with van der Waals surface area (Å²) in [5.74, 6) is 0.265. The predicted octanol–water partition coefficient (Wildman–Crippen LogP) is 6.81. The van der Waals surface area contributed by atoms with Gasteiger partial charge in [0.1, 0.15) is 11.6 Å². The van der Waals surface area contributed by atoms with Crippen LogP contribution in [-0.4, -0.2) is 16.0 Å². The zero-order valence-electron chi connectivity index (χ0n) is 17.7. The van der Waals surface area contributed by atoms with Crippen LogP contribution in [0, 0.1) is 5.82 Å². The van der Waals surface area contributed by atoms with Gasteiger partial charge in [0.05, 0.1) is 11.7 Å². The fourth-order valence-electron chi connectivity index (χ4n) is 3.25. The standard InChI is InChI=1S/C25H21ClFN5O/c1-17(18-6-3-2-4-7-18)29-24-28-15-14-23(31-24)32(22-12-10-20(27)11-13-22)25(33)30-21-9-5-8-19(26)16-21/h2-17H,1H3,(H,30,33)(H,28,29,31). The molecule has 8 heteroatoms. The number of halogens is 2. The molecule has 0 saturated heterocycles. The molecule has 1 heterocycles. The number of nitrogens with zero attached hydrogens (tertiary/aromatic N) is 3. The van der Waals surface area contributed by atoms with E-state index >= 15 is 0 Å². The number of nitrogens with one attached hydrogen (secondary N) is 2. The van der Waals surface area contributed by atoms with Crippen molar-refractivity contribution in [3.05, 3.63) is 108 Å². The highest BCUT2D eigenvalue weighted by Crippen LogP contribution is 2.27. The molecular weight excluding hydrogens is 441 g/mol. The second-order valence-corrected chi connectivity index (χ2v) is 7.70. The van der Waals surface area contributed by atoms with Crippen LogP contribution in [0.3, 0.4) is 0 Å². The molecule has 4 aromatic rings. The fourth-order valence-corrected chi connectivity index (χ4v) is 3.44. The topological polar surface area (TPSA) is 70.2 Å². The third-order valence-electron chi connectivity index (χ3n) is 4.88. The molecule has 0 bridgehead atoms. The normalized spacial score (nSPS) is 11.5. The largest absolute Gasteiger partial charge is 0.348 e. The zero-order valence-corrected chi connectivity index (χ0v) is 18.5. The van der Waals surface area contributed by atoms with E-state index < -0.39 is 11.8 Å². The Morgan fingerprint density at radius 3 is 2.48 bits per heavy atom. The highest BCUT2D eigenvalue weighted by molar-refractivity contribution is 6.31. The Bertz CT molecular complexity index is 1240. The lowest BCUT2D eigenvalue weighted by Gasteiger charge is -2.23. The Kier molecular flexibility index (Phi) is 6.80. The first-order valence-corrected chi connectivity index (χ1v) is 10.6. The van der Waals surface area contributed by atoms with E-state index in [0.29, 0.717) is 28.2 Å². The molecule has 2 N–H and O–H groups in total. The summed E-state index contributed by atoms with van der Waals surface area (Å²) in [7, 11) is 0. The van der Waals surface area contributed by atoms with Crippen molar-refractivity contribution in [2.24, 2.45) is 0 Å². The minimum atomic E-state index is -0.482. The van der Waals surface area contributed by atoms with Crippen LogP contribution in [0.15, 0.2) is 91.1 Å². The van der Waals surface area contributed by atoms with E-state index in [1.54, 1.807) is 36.5 Å². The number of benzene rings is 3. The first-order valence-electron chi connectivity index (χ1n) is 10.3. The van der Waals surface area contributed by atoms with Gasteiger partial charge in [-0.1, -0.05) is 48.0 Å². The van der Waals surface area contributed by atoms with Gasteiger partial charge in [0.2, 0.25) is 5.95 Å². The van der Waals surface area contributed by atoms with Crippen molar-refractivity contribution in [2.45, 2.75) is 13.0 Å². The number of aromatic nitrogens is 2. The molecule has 1 unspecified atom stereocenters. The molecule has 1 aromatic heterocycles. The number of hydrogen-bond acceptors (Lipinski definition) is 4. The third-order valence-corrected chi connectivity index (χ3v) is 5.11. The van der Waals surface area contributed by atoms with E-state index in [4.69, 9.17) is 11.6 Å². The molecule has 2 amide bonds. The number of rotatable bonds is 6. The predicted molar refractivity (Wildman–Crippen MR) is 130 cm³/mol. The Morgan fingerprint density at radius 2 is 1.76 bits per heavy atom. The Morgan fingerprint density at radius 1 is 1.00 bits per heavy atom. The van der Waals surface area contributed by atoms with E-state index in [9.17, 15) is 9.18 Å². The van der Waals surface area contributed by atoms with Gasteiger partial charge in [-0.2, -0.15) is 4.98 Å². The highest BCUT2D eigenvalue weighted by atomic mass is 35.5. The smallest absolute Gasteiger partial charge is 0.332 e. The maximum absolute atomic E-state index is 13.5. The van der Waals surface area contributed by atoms with Crippen molar-refractivity contribution < 1.29 is 9.18 Å². The quantitative estimate of drug-likeness (QED) is 0.331. The molecule has 0 aliphatic carbocycles. The molecule has 0 fully saturated rings. The van der Waals surface area contributed by atoms with Crippen LogP contribution in [0.25, 0.3) is 0 Å². The van der Waals surface area contributed by atoms with Crippen molar-refractivity contribution in [1.82, 2.24) is 9.97 Å². The van der Waals surface area contributed by atoms with Crippen LogP contribution < -0.4 is 15.5 Å². The van der Waals surface area contributed by atoms with Gasteiger partial charge in [-0.25, -0.2) is 19.1 Å². The lowest BCUT2D eigenvalue weighted by molar-refractivity contribution is 0.259. The Labute approximate surface area is 196 Å². The van der Waals surface area contributed by atoms with Crippen molar-refractivity contribution in [3.8, 4) is 0 Å². The van der Waals surface area contributed by atoms with Crippen LogP contribution in [-0.2, 0) is 0 Å². The second kappa shape index (κ2) is 10.1. The van der Waals surface area contributed by atoms with Gasteiger partial charge >= 0.3 is 6.03 Å². The second-order valence-electron chi connectivity index (χ2n) is 7.27. The molecule has 166 valence electrons. The summed E-state index contributed by atoms with van der Waals surface area (Å²) in [5.41, 5.74) is 2.03. The number of urea groups is 1. The van der Waals surface area contributed by atoms with Gasteiger partial charge in [-0.05, 0) is 55.0 Å². The molecule has 0 radical (unpaired) electrons. The zero-order chi connectivity index (χ0) is 23.2. The first-order chi connectivity index (χ1) is 16.0. The van der Waals surface area contributed by atoms with Crippen molar-refractivity contribution >= 4 is 40.8 Å². The monoisotopic (exact) mass is 461 g/mol.